The highest BCUT2D eigenvalue weighted by molar-refractivity contribution is 6.06. The van der Waals surface area contributed by atoms with Crippen LogP contribution in [-0.2, 0) is 13.1 Å². The minimum Gasteiger partial charge on any atom is -0.478 e. The molecule has 0 atom stereocenters. The van der Waals surface area contributed by atoms with Crippen molar-refractivity contribution in [2.24, 2.45) is 0 Å². The highest BCUT2D eigenvalue weighted by Crippen LogP contribution is 2.24. The minimum absolute atomic E-state index is 0.192. The van der Waals surface area contributed by atoms with Crippen LogP contribution in [0.4, 0.5) is 0 Å². The summed E-state index contributed by atoms with van der Waals surface area (Å²) in [6, 6.07) is 24.0. The highest BCUT2D eigenvalue weighted by atomic mass is 16.4. The number of hydrogen-bond donors (Lipinski definition) is 2. The molecule has 6 heteroatoms. The fraction of sp³-hybridized carbons (Fsp3) is 0.0769. The maximum absolute atomic E-state index is 13.0. The van der Waals surface area contributed by atoms with Crippen molar-refractivity contribution in [2.45, 2.75) is 13.1 Å². The summed E-state index contributed by atoms with van der Waals surface area (Å²) in [5.74, 6) is -0.350. The fourth-order valence-corrected chi connectivity index (χ4v) is 3.90. The summed E-state index contributed by atoms with van der Waals surface area (Å²) in [5.41, 5.74) is 3.30. The number of carbonyl (C=O) groups is 2. The number of furan rings is 1. The van der Waals surface area contributed by atoms with Crippen molar-refractivity contribution in [2.75, 3.05) is 0 Å². The summed E-state index contributed by atoms with van der Waals surface area (Å²) < 4.78 is 7.98. The predicted octanol–water partition coefficient (Wildman–Crippen LogP) is 5.06. The predicted molar refractivity (Wildman–Crippen MR) is 122 cm³/mol. The molecule has 5 aromatic rings. The summed E-state index contributed by atoms with van der Waals surface area (Å²) in [6.07, 6.45) is 1.96. The first-order valence-corrected chi connectivity index (χ1v) is 10.2. The molecule has 0 fully saturated rings. The van der Waals surface area contributed by atoms with Gasteiger partial charge in [0.2, 0.25) is 0 Å². The summed E-state index contributed by atoms with van der Waals surface area (Å²) >= 11 is 0. The van der Waals surface area contributed by atoms with Crippen LogP contribution in [-0.4, -0.2) is 21.6 Å². The largest absolute Gasteiger partial charge is 0.478 e. The second kappa shape index (κ2) is 8.07. The Morgan fingerprint density at radius 3 is 2.47 bits per heavy atom. The molecule has 0 spiro atoms. The van der Waals surface area contributed by atoms with Crippen molar-refractivity contribution < 1.29 is 19.1 Å². The average Bonchev–Trinajstić information content (AvgIpc) is 3.41. The van der Waals surface area contributed by atoms with Crippen LogP contribution in [0.2, 0.25) is 0 Å². The van der Waals surface area contributed by atoms with Crippen LogP contribution < -0.4 is 5.32 Å². The number of para-hydroxylation sites is 2. The van der Waals surface area contributed by atoms with Gasteiger partial charge in [-0.1, -0.05) is 42.5 Å². The first kappa shape index (κ1) is 19.6. The molecule has 0 aliphatic carbocycles. The number of hydrogen-bond acceptors (Lipinski definition) is 3. The van der Waals surface area contributed by atoms with E-state index in [4.69, 9.17) is 9.52 Å². The number of carboxylic acid groups (broad SMARTS) is 1. The van der Waals surface area contributed by atoms with E-state index in [2.05, 4.69) is 5.32 Å². The van der Waals surface area contributed by atoms with Gasteiger partial charge in [0.15, 0.2) is 0 Å². The molecule has 0 saturated carbocycles. The maximum atomic E-state index is 13.0. The molecule has 0 aliphatic rings. The molecular formula is C26H20N2O4. The van der Waals surface area contributed by atoms with Gasteiger partial charge < -0.3 is 19.4 Å². The summed E-state index contributed by atoms with van der Waals surface area (Å²) in [4.78, 5) is 24.0. The van der Waals surface area contributed by atoms with Crippen molar-refractivity contribution >= 4 is 33.7 Å². The Morgan fingerprint density at radius 1 is 0.906 bits per heavy atom. The van der Waals surface area contributed by atoms with Crippen molar-refractivity contribution in [1.29, 1.82) is 0 Å². The van der Waals surface area contributed by atoms with Crippen molar-refractivity contribution in [1.82, 2.24) is 9.88 Å². The van der Waals surface area contributed by atoms with Crippen molar-refractivity contribution in [3.8, 4) is 0 Å². The lowest BCUT2D eigenvalue weighted by Crippen LogP contribution is -2.23. The van der Waals surface area contributed by atoms with E-state index >= 15 is 0 Å². The molecule has 32 heavy (non-hydrogen) atoms. The number of benzene rings is 3. The van der Waals surface area contributed by atoms with Crippen molar-refractivity contribution in [3.63, 3.8) is 0 Å². The number of carbonyl (C=O) groups excluding carboxylic acids is 1. The number of fused-ring (bicyclic) bond motifs is 2. The Morgan fingerprint density at radius 2 is 1.69 bits per heavy atom. The third-order valence-corrected chi connectivity index (χ3v) is 5.49. The van der Waals surface area contributed by atoms with Gasteiger partial charge in [-0.2, -0.15) is 0 Å². The zero-order valence-electron chi connectivity index (χ0n) is 17.1. The molecule has 3 aromatic carbocycles. The third kappa shape index (κ3) is 3.74. The van der Waals surface area contributed by atoms with Gasteiger partial charge in [0.25, 0.3) is 5.91 Å². The van der Waals surface area contributed by atoms with Gasteiger partial charge in [-0.3, -0.25) is 4.79 Å². The highest BCUT2D eigenvalue weighted by Gasteiger charge is 2.15. The number of carboxylic acids is 1. The third-order valence-electron chi connectivity index (χ3n) is 5.49. The van der Waals surface area contributed by atoms with E-state index in [1.165, 1.54) is 12.1 Å². The topological polar surface area (TPSA) is 84.5 Å². The molecule has 0 unspecified atom stereocenters. The normalized spacial score (nSPS) is 11.1. The van der Waals surface area contributed by atoms with Crippen LogP contribution in [0.25, 0.3) is 21.9 Å². The van der Waals surface area contributed by atoms with Crippen LogP contribution >= 0.6 is 0 Å². The van der Waals surface area contributed by atoms with Crippen LogP contribution in [0.3, 0.4) is 0 Å². The van der Waals surface area contributed by atoms with Crippen LogP contribution in [0, 0.1) is 0 Å². The Kier molecular flexibility index (Phi) is 4.95. The van der Waals surface area contributed by atoms with E-state index in [0.29, 0.717) is 18.7 Å². The number of nitrogens with zero attached hydrogens (tertiary/aromatic N) is 1. The van der Waals surface area contributed by atoms with Gasteiger partial charge in [0.05, 0.1) is 23.2 Å². The van der Waals surface area contributed by atoms with Crippen molar-refractivity contribution in [3.05, 3.63) is 108 Å². The number of amides is 1. The average molecular weight is 424 g/mol. The van der Waals surface area contributed by atoms with Crippen LogP contribution in [0.5, 0.6) is 0 Å². The van der Waals surface area contributed by atoms with E-state index in [-0.39, 0.29) is 11.5 Å². The molecule has 0 bridgehead atoms. The van der Waals surface area contributed by atoms with Gasteiger partial charge in [-0.15, -0.1) is 0 Å². The lowest BCUT2D eigenvalue weighted by atomic mass is 10.1. The van der Waals surface area contributed by atoms with Gasteiger partial charge >= 0.3 is 5.97 Å². The summed E-state index contributed by atoms with van der Waals surface area (Å²) in [5, 5.41) is 14.0. The second-order valence-electron chi connectivity index (χ2n) is 7.62. The summed E-state index contributed by atoms with van der Waals surface area (Å²) in [7, 11) is 0. The first-order valence-electron chi connectivity index (χ1n) is 10.2. The molecular weight excluding hydrogens is 404 g/mol. The SMILES string of the molecule is O=C(O)c1ccc(CNC(=O)c2cccc3ccn(Cc4cc5ccccc5o4)c23)cc1. The standard InChI is InChI=1S/C26H20N2O4/c29-25(27-15-17-8-10-19(11-9-17)26(30)31)22-6-3-5-18-12-13-28(24(18)22)16-21-14-20-4-1-2-7-23(20)32-21/h1-14H,15-16H2,(H,27,29)(H,30,31). The van der Waals surface area contributed by atoms with Gasteiger partial charge in [0, 0.05) is 23.5 Å². The fourth-order valence-electron chi connectivity index (χ4n) is 3.90. The number of aromatic nitrogens is 1. The summed E-state index contributed by atoms with van der Waals surface area (Å²) in [6.45, 7) is 0.818. The lowest BCUT2D eigenvalue weighted by Gasteiger charge is -2.10. The lowest BCUT2D eigenvalue weighted by molar-refractivity contribution is 0.0696. The van der Waals surface area contributed by atoms with Gasteiger partial charge in [-0.05, 0) is 42.0 Å². The number of nitrogens with one attached hydrogen (secondary N) is 1. The quantitative estimate of drug-likeness (QED) is 0.399. The molecule has 1 amide bonds. The van der Waals surface area contributed by atoms with E-state index < -0.39 is 5.97 Å². The Balaban J connectivity index is 1.39. The smallest absolute Gasteiger partial charge is 0.335 e. The number of rotatable bonds is 6. The molecule has 0 radical (unpaired) electrons. The molecule has 158 valence electrons. The Hall–Kier alpha value is -4.32. The van der Waals surface area contributed by atoms with E-state index in [9.17, 15) is 9.59 Å². The molecule has 2 aromatic heterocycles. The first-order chi connectivity index (χ1) is 15.6. The monoisotopic (exact) mass is 424 g/mol. The minimum atomic E-state index is -0.975. The zero-order valence-corrected chi connectivity index (χ0v) is 17.1. The molecule has 0 aliphatic heterocycles. The molecule has 6 nitrogen and oxygen atoms in total. The Labute approximate surface area is 183 Å². The van der Waals surface area contributed by atoms with E-state index in [1.54, 1.807) is 18.2 Å². The molecule has 0 saturated heterocycles. The molecule has 2 N–H and O–H groups in total. The van der Waals surface area contributed by atoms with Crippen LogP contribution in [0.15, 0.2) is 89.5 Å². The van der Waals surface area contributed by atoms with E-state index in [1.807, 2.05) is 59.3 Å². The van der Waals surface area contributed by atoms with Crippen LogP contribution in [0.1, 0.15) is 32.0 Å². The molecule has 2 heterocycles. The second-order valence-corrected chi connectivity index (χ2v) is 7.62. The zero-order chi connectivity index (χ0) is 22.1. The molecule has 5 rings (SSSR count). The Bertz CT molecular complexity index is 1410. The van der Waals surface area contributed by atoms with E-state index in [0.717, 1.165) is 33.2 Å². The maximum Gasteiger partial charge on any atom is 0.335 e. The number of aromatic carboxylic acids is 1. The van der Waals surface area contributed by atoms with Gasteiger partial charge in [0.1, 0.15) is 11.3 Å². The van der Waals surface area contributed by atoms with Gasteiger partial charge in [-0.25, -0.2) is 4.79 Å².